The van der Waals surface area contributed by atoms with Crippen LogP contribution in [0.3, 0.4) is 0 Å². The van der Waals surface area contributed by atoms with Crippen molar-refractivity contribution in [3.8, 4) is 0 Å². The quantitative estimate of drug-likeness (QED) is 0.808. The van der Waals surface area contributed by atoms with Crippen molar-refractivity contribution in [1.82, 2.24) is 19.6 Å². The minimum atomic E-state index is 0.616. The monoisotopic (exact) mass is 303 g/mol. The zero-order valence-electron chi connectivity index (χ0n) is 9.42. The Balaban J connectivity index is 1.79. The summed E-state index contributed by atoms with van der Waals surface area (Å²) in [5, 5.41) is 7.52. The van der Waals surface area contributed by atoms with Crippen molar-refractivity contribution in [3.05, 3.63) is 52.9 Å². The van der Waals surface area contributed by atoms with Gasteiger partial charge < -0.3 is 5.32 Å². The van der Waals surface area contributed by atoms with Crippen molar-refractivity contribution in [2.45, 2.75) is 6.54 Å². The van der Waals surface area contributed by atoms with Gasteiger partial charge in [-0.2, -0.15) is 4.98 Å². The number of aromatic nitrogens is 4. The van der Waals surface area contributed by atoms with Crippen molar-refractivity contribution in [2.24, 2.45) is 0 Å². The molecule has 1 N–H and O–H groups in total. The van der Waals surface area contributed by atoms with E-state index >= 15 is 0 Å². The van der Waals surface area contributed by atoms with Gasteiger partial charge in [-0.3, -0.25) is 4.98 Å². The topological polar surface area (TPSA) is 55.1 Å². The highest BCUT2D eigenvalue weighted by atomic mass is 79.9. The van der Waals surface area contributed by atoms with Gasteiger partial charge >= 0.3 is 0 Å². The number of rotatable bonds is 3. The van der Waals surface area contributed by atoms with Crippen LogP contribution in [0.5, 0.6) is 0 Å². The normalized spacial score (nSPS) is 10.7. The largest absolute Gasteiger partial charge is 0.349 e. The first-order valence-electron chi connectivity index (χ1n) is 5.46. The molecule has 90 valence electrons. The van der Waals surface area contributed by atoms with Crippen LogP contribution in [0.1, 0.15) is 5.56 Å². The van der Waals surface area contributed by atoms with Gasteiger partial charge in [0.15, 0.2) is 5.65 Å². The summed E-state index contributed by atoms with van der Waals surface area (Å²) in [5.74, 6) is 0.616. The lowest BCUT2D eigenvalue weighted by atomic mass is 10.3. The molecule has 3 aromatic heterocycles. The van der Waals surface area contributed by atoms with E-state index in [-0.39, 0.29) is 0 Å². The van der Waals surface area contributed by atoms with Gasteiger partial charge in [0.1, 0.15) is 0 Å². The molecule has 3 rings (SSSR count). The molecule has 0 saturated heterocycles. The Bertz CT molecular complexity index is 665. The molecular formula is C12H10BrN5. The summed E-state index contributed by atoms with van der Waals surface area (Å²) in [6.07, 6.45) is 5.41. The number of nitrogens with one attached hydrogen (secondary N) is 1. The summed E-state index contributed by atoms with van der Waals surface area (Å²) < 4.78 is 2.71. The fraction of sp³-hybridized carbons (Fsp3) is 0.0833. The zero-order valence-corrected chi connectivity index (χ0v) is 11.0. The molecule has 0 fully saturated rings. The summed E-state index contributed by atoms with van der Waals surface area (Å²) >= 11 is 3.40. The molecule has 0 aliphatic heterocycles. The first kappa shape index (κ1) is 11.2. The fourth-order valence-electron chi connectivity index (χ4n) is 1.61. The van der Waals surface area contributed by atoms with Crippen LogP contribution in [0.25, 0.3) is 5.65 Å². The van der Waals surface area contributed by atoms with Crippen LogP contribution in [0, 0.1) is 0 Å². The lowest BCUT2D eigenvalue weighted by Gasteiger charge is -2.00. The summed E-state index contributed by atoms with van der Waals surface area (Å²) in [6, 6.07) is 7.77. The molecule has 0 saturated carbocycles. The highest BCUT2D eigenvalue weighted by Crippen LogP contribution is 2.12. The smallest absolute Gasteiger partial charge is 0.243 e. The molecule has 18 heavy (non-hydrogen) atoms. The average Bonchev–Trinajstić information content (AvgIpc) is 2.79. The molecule has 0 radical (unpaired) electrons. The molecule has 0 aromatic carbocycles. The SMILES string of the molecule is Brc1ccc2nc(NCc3ccncc3)nn2c1. The first-order valence-corrected chi connectivity index (χ1v) is 6.25. The highest BCUT2D eigenvalue weighted by molar-refractivity contribution is 9.10. The van der Waals surface area contributed by atoms with Crippen molar-refractivity contribution in [2.75, 3.05) is 5.32 Å². The number of halogens is 1. The molecule has 0 atom stereocenters. The van der Waals surface area contributed by atoms with Crippen LogP contribution < -0.4 is 5.32 Å². The van der Waals surface area contributed by atoms with E-state index in [1.165, 1.54) is 0 Å². The van der Waals surface area contributed by atoms with Crippen LogP contribution in [-0.4, -0.2) is 19.6 Å². The molecule has 0 amide bonds. The number of hydrogen-bond acceptors (Lipinski definition) is 4. The van der Waals surface area contributed by atoms with Crippen molar-refractivity contribution < 1.29 is 0 Å². The fourth-order valence-corrected chi connectivity index (χ4v) is 1.94. The van der Waals surface area contributed by atoms with Crippen molar-refractivity contribution in [1.29, 1.82) is 0 Å². The van der Waals surface area contributed by atoms with E-state index in [0.29, 0.717) is 12.5 Å². The molecular weight excluding hydrogens is 294 g/mol. The minimum Gasteiger partial charge on any atom is -0.349 e. The maximum atomic E-state index is 4.37. The Hall–Kier alpha value is -1.95. The third-order valence-corrected chi connectivity index (χ3v) is 2.96. The van der Waals surface area contributed by atoms with E-state index in [1.807, 2.05) is 30.5 Å². The number of hydrogen-bond donors (Lipinski definition) is 1. The van der Waals surface area contributed by atoms with Gasteiger partial charge in [-0.1, -0.05) is 0 Å². The number of nitrogens with zero attached hydrogens (tertiary/aromatic N) is 4. The molecule has 5 nitrogen and oxygen atoms in total. The van der Waals surface area contributed by atoms with E-state index in [1.54, 1.807) is 16.9 Å². The standard InChI is InChI=1S/C12H10BrN5/c13-10-1-2-11-16-12(17-18(11)8-10)15-7-9-3-5-14-6-4-9/h1-6,8H,7H2,(H,15,17). The summed E-state index contributed by atoms with van der Waals surface area (Å²) in [5.41, 5.74) is 1.96. The number of anilines is 1. The van der Waals surface area contributed by atoms with Crippen LogP contribution >= 0.6 is 15.9 Å². The molecule has 0 aliphatic rings. The predicted octanol–water partition coefficient (Wildman–Crippen LogP) is 2.50. The van der Waals surface area contributed by atoms with Gasteiger partial charge in [0.2, 0.25) is 5.95 Å². The number of fused-ring (bicyclic) bond motifs is 1. The second-order valence-electron chi connectivity index (χ2n) is 3.79. The Kier molecular flexibility index (Phi) is 2.93. The minimum absolute atomic E-state index is 0.616. The van der Waals surface area contributed by atoms with E-state index in [0.717, 1.165) is 15.7 Å². The Morgan fingerprint density at radius 3 is 2.83 bits per heavy atom. The van der Waals surface area contributed by atoms with Gasteiger partial charge in [-0.25, -0.2) is 4.52 Å². The van der Waals surface area contributed by atoms with Crippen LogP contribution in [0.15, 0.2) is 47.3 Å². The Morgan fingerprint density at radius 1 is 1.17 bits per heavy atom. The van der Waals surface area contributed by atoms with E-state index in [2.05, 4.69) is 36.3 Å². The van der Waals surface area contributed by atoms with Gasteiger partial charge in [0, 0.05) is 29.6 Å². The van der Waals surface area contributed by atoms with E-state index < -0.39 is 0 Å². The van der Waals surface area contributed by atoms with Gasteiger partial charge in [-0.05, 0) is 45.8 Å². The Labute approximate surface area is 112 Å². The second kappa shape index (κ2) is 4.73. The lowest BCUT2D eigenvalue weighted by Crippen LogP contribution is -2.01. The predicted molar refractivity (Wildman–Crippen MR) is 72.3 cm³/mol. The molecule has 0 bridgehead atoms. The lowest BCUT2D eigenvalue weighted by molar-refractivity contribution is 0.945. The first-order chi connectivity index (χ1) is 8.81. The molecule has 0 aliphatic carbocycles. The van der Waals surface area contributed by atoms with Crippen molar-refractivity contribution >= 4 is 27.5 Å². The Morgan fingerprint density at radius 2 is 2.00 bits per heavy atom. The van der Waals surface area contributed by atoms with Gasteiger partial charge in [0.05, 0.1) is 0 Å². The third kappa shape index (κ3) is 2.33. The molecule has 6 heteroatoms. The molecule has 3 heterocycles. The average molecular weight is 304 g/mol. The van der Waals surface area contributed by atoms with E-state index in [9.17, 15) is 0 Å². The maximum Gasteiger partial charge on any atom is 0.243 e. The van der Waals surface area contributed by atoms with Crippen LogP contribution in [0.2, 0.25) is 0 Å². The van der Waals surface area contributed by atoms with Crippen LogP contribution in [0.4, 0.5) is 5.95 Å². The summed E-state index contributed by atoms with van der Waals surface area (Å²) in [7, 11) is 0. The molecule has 3 aromatic rings. The van der Waals surface area contributed by atoms with Crippen LogP contribution in [-0.2, 0) is 6.54 Å². The third-order valence-electron chi connectivity index (χ3n) is 2.49. The summed E-state index contributed by atoms with van der Waals surface area (Å²) in [4.78, 5) is 8.35. The second-order valence-corrected chi connectivity index (χ2v) is 4.71. The molecule has 0 unspecified atom stereocenters. The van der Waals surface area contributed by atoms with Gasteiger partial charge in [-0.15, -0.1) is 5.10 Å². The number of pyridine rings is 2. The summed E-state index contributed by atoms with van der Waals surface area (Å²) in [6.45, 7) is 0.681. The zero-order chi connectivity index (χ0) is 12.4. The van der Waals surface area contributed by atoms with Crippen molar-refractivity contribution in [3.63, 3.8) is 0 Å². The highest BCUT2D eigenvalue weighted by Gasteiger charge is 2.03. The maximum absolute atomic E-state index is 4.37. The van der Waals surface area contributed by atoms with E-state index in [4.69, 9.17) is 0 Å². The van der Waals surface area contributed by atoms with Gasteiger partial charge in [0.25, 0.3) is 0 Å². The molecule has 0 spiro atoms.